The fourth-order valence-electron chi connectivity index (χ4n) is 2.87. The molecule has 4 nitrogen and oxygen atoms in total. The van der Waals surface area contributed by atoms with Gasteiger partial charge in [0, 0.05) is 4.91 Å². The molecule has 0 unspecified atom stereocenters. The van der Waals surface area contributed by atoms with E-state index in [-0.39, 0.29) is 23.5 Å². The zero-order valence-corrected chi connectivity index (χ0v) is 17.4. The van der Waals surface area contributed by atoms with Crippen molar-refractivity contribution in [2.24, 2.45) is 5.11 Å². The molecule has 0 spiro atoms. The summed E-state index contributed by atoms with van der Waals surface area (Å²) in [4.78, 5) is 2.89. The van der Waals surface area contributed by atoms with Crippen molar-refractivity contribution in [3.63, 3.8) is 0 Å². The summed E-state index contributed by atoms with van der Waals surface area (Å²) >= 11 is 0. The van der Waals surface area contributed by atoms with Crippen LogP contribution in [0.25, 0.3) is 10.4 Å². The average Bonchev–Trinajstić information content (AvgIpc) is 2.61. The van der Waals surface area contributed by atoms with E-state index in [1.54, 1.807) is 0 Å². The van der Waals surface area contributed by atoms with Crippen LogP contribution in [0.3, 0.4) is 0 Å². The van der Waals surface area contributed by atoms with Gasteiger partial charge in [0.2, 0.25) is 0 Å². The van der Waals surface area contributed by atoms with Crippen LogP contribution in [0.4, 0.5) is 0 Å². The molecular formula is C23H31N3O. The minimum absolute atomic E-state index is 0.0694. The first kappa shape index (κ1) is 21.0. The molecule has 0 amide bonds. The van der Waals surface area contributed by atoms with E-state index in [1.165, 1.54) is 11.1 Å². The molecule has 2 rings (SSSR count). The van der Waals surface area contributed by atoms with E-state index in [2.05, 4.69) is 69.8 Å². The predicted molar refractivity (Wildman–Crippen MR) is 112 cm³/mol. The van der Waals surface area contributed by atoms with Crippen molar-refractivity contribution in [3.8, 4) is 0 Å². The van der Waals surface area contributed by atoms with Gasteiger partial charge in [-0.2, -0.15) is 0 Å². The summed E-state index contributed by atoms with van der Waals surface area (Å²) < 4.78 is 6.19. The summed E-state index contributed by atoms with van der Waals surface area (Å²) in [6, 6.07) is 16.7. The normalized spacial score (nSPS) is 13.1. The molecule has 2 aromatic rings. The number of ether oxygens (including phenoxy) is 1. The number of hydrogen-bond acceptors (Lipinski definition) is 2. The molecule has 0 bridgehead atoms. The van der Waals surface area contributed by atoms with Gasteiger partial charge in [-0.05, 0) is 38.6 Å². The van der Waals surface area contributed by atoms with Gasteiger partial charge >= 0.3 is 0 Å². The monoisotopic (exact) mass is 365 g/mol. The quantitative estimate of drug-likeness (QED) is 0.314. The zero-order chi connectivity index (χ0) is 20.1. The van der Waals surface area contributed by atoms with E-state index < -0.39 is 0 Å². The van der Waals surface area contributed by atoms with Crippen LogP contribution in [0.5, 0.6) is 0 Å². The van der Waals surface area contributed by atoms with Gasteiger partial charge in [-0.1, -0.05) is 95.2 Å². The van der Waals surface area contributed by atoms with E-state index in [0.29, 0.717) is 6.61 Å². The van der Waals surface area contributed by atoms with Gasteiger partial charge in [-0.25, -0.2) is 0 Å². The molecule has 0 aliphatic carbocycles. The van der Waals surface area contributed by atoms with Crippen molar-refractivity contribution in [1.29, 1.82) is 0 Å². The fourth-order valence-corrected chi connectivity index (χ4v) is 2.87. The topological polar surface area (TPSA) is 58.0 Å². The zero-order valence-electron chi connectivity index (χ0n) is 17.4. The third-order valence-electron chi connectivity index (χ3n) is 4.66. The largest absolute Gasteiger partial charge is 0.369 e. The Morgan fingerprint density at radius 1 is 0.926 bits per heavy atom. The van der Waals surface area contributed by atoms with E-state index in [1.807, 2.05) is 30.3 Å². The Kier molecular flexibility index (Phi) is 6.69. The Labute approximate surface area is 163 Å². The van der Waals surface area contributed by atoms with Gasteiger partial charge < -0.3 is 4.74 Å². The first-order valence-electron chi connectivity index (χ1n) is 9.43. The van der Waals surface area contributed by atoms with Crippen molar-refractivity contribution in [2.45, 2.75) is 65.1 Å². The Morgan fingerprint density at radius 2 is 1.48 bits per heavy atom. The molecule has 0 aromatic heterocycles. The molecule has 0 aliphatic heterocycles. The molecule has 0 radical (unpaired) electrons. The smallest absolute Gasteiger partial charge is 0.0885 e. The van der Waals surface area contributed by atoms with Crippen molar-refractivity contribution >= 4 is 0 Å². The van der Waals surface area contributed by atoms with Gasteiger partial charge in [-0.3, -0.25) is 0 Å². The van der Waals surface area contributed by atoms with Crippen LogP contribution < -0.4 is 0 Å². The number of rotatable bonds is 6. The fraction of sp³-hybridized carbons (Fsp3) is 0.478. The van der Waals surface area contributed by atoms with E-state index in [0.717, 1.165) is 11.1 Å². The van der Waals surface area contributed by atoms with Crippen LogP contribution in [0.15, 0.2) is 53.6 Å². The van der Waals surface area contributed by atoms with E-state index in [9.17, 15) is 0 Å². The Bertz CT molecular complexity index is 762. The van der Waals surface area contributed by atoms with Crippen LogP contribution in [-0.4, -0.2) is 6.54 Å². The second-order valence-electron chi connectivity index (χ2n) is 9.04. The predicted octanol–water partition coefficient (Wildman–Crippen LogP) is 6.85. The van der Waals surface area contributed by atoms with Crippen molar-refractivity contribution < 1.29 is 4.74 Å². The molecule has 0 N–H and O–H groups in total. The number of benzene rings is 2. The lowest BCUT2D eigenvalue weighted by molar-refractivity contribution is 0.0456. The lowest BCUT2D eigenvalue weighted by Crippen LogP contribution is -2.17. The molecule has 0 heterocycles. The first-order valence-corrected chi connectivity index (χ1v) is 9.43. The maximum atomic E-state index is 8.70. The number of azide groups is 1. The first-order chi connectivity index (χ1) is 12.6. The van der Waals surface area contributed by atoms with Crippen LogP contribution in [-0.2, 0) is 22.2 Å². The second-order valence-corrected chi connectivity index (χ2v) is 9.04. The summed E-state index contributed by atoms with van der Waals surface area (Å²) in [5.74, 6) is 0. The van der Waals surface area contributed by atoms with Crippen LogP contribution in [0, 0.1) is 0 Å². The van der Waals surface area contributed by atoms with Crippen molar-refractivity contribution in [1.82, 2.24) is 0 Å². The molecule has 1 atom stereocenters. The summed E-state index contributed by atoms with van der Waals surface area (Å²) in [5, 5.41) is 3.73. The minimum atomic E-state index is -0.251. The van der Waals surface area contributed by atoms with Crippen molar-refractivity contribution in [3.05, 3.63) is 81.2 Å². The van der Waals surface area contributed by atoms with E-state index >= 15 is 0 Å². The molecule has 0 fully saturated rings. The van der Waals surface area contributed by atoms with Gasteiger partial charge in [0.1, 0.15) is 0 Å². The van der Waals surface area contributed by atoms with Gasteiger partial charge in [0.05, 0.1) is 19.3 Å². The third kappa shape index (κ3) is 6.13. The molecule has 0 saturated carbocycles. The Balaban J connectivity index is 2.30. The SMILES string of the molecule is CC(C)(C)c1cc(CO[C@@H](CN=[N+]=[N-])c2ccccc2)cc(C(C)(C)C)c1. The van der Waals surface area contributed by atoms with Gasteiger partial charge in [-0.15, -0.1) is 0 Å². The summed E-state index contributed by atoms with van der Waals surface area (Å²) in [6.07, 6.45) is -0.251. The van der Waals surface area contributed by atoms with Crippen LogP contribution >= 0.6 is 0 Å². The van der Waals surface area contributed by atoms with Crippen LogP contribution in [0.1, 0.15) is 69.9 Å². The third-order valence-corrected chi connectivity index (χ3v) is 4.66. The molecule has 0 aliphatic rings. The summed E-state index contributed by atoms with van der Waals surface area (Å²) in [7, 11) is 0. The number of nitrogens with zero attached hydrogens (tertiary/aromatic N) is 3. The highest BCUT2D eigenvalue weighted by Gasteiger charge is 2.21. The minimum Gasteiger partial charge on any atom is -0.369 e. The molecule has 2 aromatic carbocycles. The maximum absolute atomic E-state index is 8.70. The maximum Gasteiger partial charge on any atom is 0.0885 e. The molecular weight excluding hydrogens is 334 g/mol. The standard InChI is InChI=1S/C23H31N3O/c1-22(2,3)19-12-17(13-20(14-19)23(4,5)6)16-27-21(15-25-26-24)18-10-8-7-9-11-18/h7-14,21H,15-16H2,1-6H3/t21-/m0/s1. The molecule has 0 saturated heterocycles. The van der Waals surface area contributed by atoms with E-state index in [4.69, 9.17) is 10.3 Å². The molecule has 27 heavy (non-hydrogen) atoms. The second kappa shape index (κ2) is 8.60. The highest BCUT2D eigenvalue weighted by atomic mass is 16.5. The molecule has 4 heteroatoms. The summed E-state index contributed by atoms with van der Waals surface area (Å²) in [6.45, 7) is 14.1. The molecule has 144 valence electrons. The lowest BCUT2D eigenvalue weighted by Gasteiger charge is -2.26. The average molecular weight is 366 g/mol. The van der Waals surface area contributed by atoms with Gasteiger partial charge in [0.15, 0.2) is 0 Å². The summed E-state index contributed by atoms with van der Waals surface area (Å²) in [5.41, 5.74) is 13.6. The van der Waals surface area contributed by atoms with Crippen LogP contribution in [0.2, 0.25) is 0 Å². The van der Waals surface area contributed by atoms with Crippen molar-refractivity contribution in [2.75, 3.05) is 6.54 Å². The Hall–Kier alpha value is -2.29. The lowest BCUT2D eigenvalue weighted by atomic mass is 9.79. The Morgan fingerprint density at radius 3 is 1.96 bits per heavy atom. The number of hydrogen-bond donors (Lipinski definition) is 0. The highest BCUT2D eigenvalue weighted by molar-refractivity contribution is 5.37. The highest BCUT2D eigenvalue weighted by Crippen LogP contribution is 2.31. The van der Waals surface area contributed by atoms with Gasteiger partial charge in [0.25, 0.3) is 0 Å².